The largest absolute Gasteiger partial charge is 0.486 e. The van der Waals surface area contributed by atoms with Gasteiger partial charge in [-0.1, -0.05) is 0 Å². The number of aromatic amines is 2. The number of H-pyrrole nitrogens is 2. The van der Waals surface area contributed by atoms with Crippen LogP contribution in [-0.2, 0) is 0 Å². The zero-order valence-corrected chi connectivity index (χ0v) is 13.1. The highest BCUT2D eigenvalue weighted by molar-refractivity contribution is 5.67. The molecule has 3 aromatic rings. The van der Waals surface area contributed by atoms with Crippen LogP contribution in [-0.4, -0.2) is 43.5 Å². The van der Waals surface area contributed by atoms with Crippen molar-refractivity contribution in [2.75, 3.05) is 18.5 Å². The Morgan fingerprint density at radius 3 is 2.80 bits per heavy atom. The van der Waals surface area contributed by atoms with Crippen LogP contribution < -0.4 is 14.8 Å². The standard InChI is InChI=1S/C14H13N7O4/c1-7-12(21(22)23)11(18-17-7)13-16-14(20-19-13)15-8-2-3-9-10(6-8)25-5-4-24-9/h2-3,6H,4-5H2,1H3,(H,17,18)(H2,15,16,19,20). The quantitative estimate of drug-likeness (QED) is 0.481. The lowest BCUT2D eigenvalue weighted by atomic mass is 10.2. The number of anilines is 2. The SMILES string of the molecule is Cc1[nH]nc(-c2nc(Nc3ccc4c(c3)OCCO4)n[nH]2)c1[N+](=O)[O-]. The molecule has 11 nitrogen and oxygen atoms in total. The van der Waals surface area contributed by atoms with Crippen molar-refractivity contribution in [3.05, 3.63) is 34.0 Å². The number of aromatic nitrogens is 5. The van der Waals surface area contributed by atoms with Crippen molar-refractivity contribution in [2.24, 2.45) is 0 Å². The van der Waals surface area contributed by atoms with Crippen molar-refractivity contribution in [1.82, 2.24) is 25.4 Å². The number of rotatable bonds is 4. The van der Waals surface area contributed by atoms with Gasteiger partial charge in [0.1, 0.15) is 18.9 Å². The van der Waals surface area contributed by atoms with Gasteiger partial charge >= 0.3 is 5.69 Å². The number of nitro groups is 1. The fourth-order valence-corrected chi connectivity index (χ4v) is 2.49. The molecular formula is C14H13N7O4. The van der Waals surface area contributed by atoms with Gasteiger partial charge in [-0.2, -0.15) is 10.1 Å². The number of nitrogens with one attached hydrogen (secondary N) is 3. The van der Waals surface area contributed by atoms with Crippen LogP contribution >= 0.6 is 0 Å². The predicted octanol–water partition coefficient (Wildman–Crippen LogP) is 1.93. The Morgan fingerprint density at radius 2 is 2.00 bits per heavy atom. The van der Waals surface area contributed by atoms with Gasteiger partial charge in [-0.15, -0.1) is 5.10 Å². The summed E-state index contributed by atoms with van der Waals surface area (Å²) in [7, 11) is 0. The maximum absolute atomic E-state index is 11.2. The number of nitrogens with zero attached hydrogens (tertiary/aromatic N) is 4. The van der Waals surface area contributed by atoms with Crippen LogP contribution in [0, 0.1) is 17.0 Å². The van der Waals surface area contributed by atoms with Crippen molar-refractivity contribution >= 4 is 17.3 Å². The summed E-state index contributed by atoms with van der Waals surface area (Å²) in [4.78, 5) is 14.9. The van der Waals surface area contributed by atoms with Gasteiger partial charge in [-0.3, -0.25) is 20.3 Å². The third kappa shape index (κ3) is 2.71. The Hall–Kier alpha value is -3.63. The number of benzene rings is 1. The fourth-order valence-electron chi connectivity index (χ4n) is 2.49. The van der Waals surface area contributed by atoms with Gasteiger partial charge in [0.05, 0.1) is 4.92 Å². The van der Waals surface area contributed by atoms with Gasteiger partial charge in [-0.25, -0.2) is 0 Å². The van der Waals surface area contributed by atoms with E-state index in [0.717, 1.165) is 0 Å². The molecule has 0 saturated carbocycles. The second kappa shape index (κ2) is 5.78. The third-order valence-electron chi connectivity index (χ3n) is 3.61. The van der Waals surface area contributed by atoms with Crippen molar-refractivity contribution in [1.29, 1.82) is 0 Å². The molecule has 3 heterocycles. The molecule has 0 saturated heterocycles. The van der Waals surface area contributed by atoms with Crippen LogP contribution in [0.2, 0.25) is 0 Å². The first kappa shape index (κ1) is 14.9. The van der Waals surface area contributed by atoms with Crippen molar-refractivity contribution in [3.63, 3.8) is 0 Å². The predicted molar refractivity (Wildman–Crippen MR) is 86.1 cm³/mol. The molecule has 4 rings (SSSR count). The molecule has 1 aromatic carbocycles. The average molecular weight is 343 g/mol. The molecular weight excluding hydrogens is 330 g/mol. The van der Waals surface area contributed by atoms with E-state index in [9.17, 15) is 10.1 Å². The van der Waals surface area contributed by atoms with E-state index in [-0.39, 0.29) is 23.2 Å². The zero-order valence-electron chi connectivity index (χ0n) is 13.1. The molecule has 3 N–H and O–H groups in total. The van der Waals surface area contributed by atoms with Crippen LogP contribution in [0.25, 0.3) is 11.5 Å². The first-order valence-electron chi connectivity index (χ1n) is 7.40. The Kier molecular flexibility index (Phi) is 3.45. The maximum Gasteiger partial charge on any atom is 0.320 e. The third-order valence-corrected chi connectivity index (χ3v) is 3.61. The number of hydrogen-bond donors (Lipinski definition) is 3. The van der Waals surface area contributed by atoms with Gasteiger partial charge in [0.25, 0.3) is 0 Å². The number of hydrogen-bond acceptors (Lipinski definition) is 8. The average Bonchev–Trinajstić information content (AvgIpc) is 3.21. The number of aryl methyl sites for hydroxylation is 1. The smallest absolute Gasteiger partial charge is 0.320 e. The van der Waals surface area contributed by atoms with Crippen molar-refractivity contribution in [2.45, 2.75) is 6.92 Å². The maximum atomic E-state index is 11.2. The summed E-state index contributed by atoms with van der Waals surface area (Å²) in [6, 6.07) is 5.35. The second-order valence-electron chi connectivity index (χ2n) is 5.29. The van der Waals surface area contributed by atoms with Crippen LogP contribution in [0.5, 0.6) is 11.5 Å². The van der Waals surface area contributed by atoms with E-state index in [4.69, 9.17) is 9.47 Å². The molecule has 0 fully saturated rings. The summed E-state index contributed by atoms with van der Waals surface area (Å²) in [5.41, 5.74) is 1.01. The molecule has 0 bridgehead atoms. The Bertz CT molecular complexity index is 949. The molecule has 25 heavy (non-hydrogen) atoms. The molecule has 0 radical (unpaired) electrons. The van der Waals surface area contributed by atoms with E-state index >= 15 is 0 Å². The second-order valence-corrected chi connectivity index (χ2v) is 5.29. The van der Waals surface area contributed by atoms with E-state index < -0.39 is 4.92 Å². The summed E-state index contributed by atoms with van der Waals surface area (Å²) in [5, 5.41) is 27.3. The topological polar surface area (TPSA) is 144 Å². The van der Waals surface area contributed by atoms with E-state index in [0.29, 0.717) is 36.1 Å². The normalized spacial score (nSPS) is 12.8. The molecule has 2 aromatic heterocycles. The van der Waals surface area contributed by atoms with Crippen LogP contribution in [0.15, 0.2) is 18.2 Å². The van der Waals surface area contributed by atoms with Gasteiger partial charge in [-0.05, 0) is 19.1 Å². The highest BCUT2D eigenvalue weighted by Crippen LogP contribution is 2.33. The number of fused-ring (bicyclic) bond motifs is 1. The van der Waals surface area contributed by atoms with Crippen LogP contribution in [0.4, 0.5) is 17.3 Å². The molecule has 0 atom stereocenters. The fraction of sp³-hybridized carbons (Fsp3) is 0.214. The summed E-state index contributed by atoms with van der Waals surface area (Å²) in [6.07, 6.45) is 0. The molecule has 0 amide bonds. The monoisotopic (exact) mass is 343 g/mol. The first-order valence-corrected chi connectivity index (χ1v) is 7.40. The minimum absolute atomic E-state index is 0.102. The summed E-state index contributed by atoms with van der Waals surface area (Å²) < 4.78 is 11.0. The lowest BCUT2D eigenvalue weighted by molar-refractivity contribution is -0.384. The Balaban J connectivity index is 1.59. The minimum atomic E-state index is -0.509. The highest BCUT2D eigenvalue weighted by Gasteiger charge is 2.25. The van der Waals surface area contributed by atoms with E-state index in [1.807, 2.05) is 0 Å². The summed E-state index contributed by atoms with van der Waals surface area (Å²) in [5.74, 6) is 1.75. The van der Waals surface area contributed by atoms with E-state index in [1.165, 1.54) is 0 Å². The highest BCUT2D eigenvalue weighted by atomic mass is 16.6. The summed E-state index contributed by atoms with van der Waals surface area (Å²) >= 11 is 0. The minimum Gasteiger partial charge on any atom is -0.486 e. The van der Waals surface area contributed by atoms with Gasteiger partial charge in [0, 0.05) is 11.8 Å². The van der Waals surface area contributed by atoms with Crippen molar-refractivity contribution in [3.8, 4) is 23.0 Å². The van der Waals surface area contributed by atoms with E-state index in [1.54, 1.807) is 25.1 Å². The van der Waals surface area contributed by atoms with Crippen molar-refractivity contribution < 1.29 is 14.4 Å². The van der Waals surface area contributed by atoms with Gasteiger partial charge in [0.15, 0.2) is 17.3 Å². The zero-order chi connectivity index (χ0) is 17.4. The lowest BCUT2D eigenvalue weighted by Crippen LogP contribution is -2.15. The molecule has 0 spiro atoms. The summed E-state index contributed by atoms with van der Waals surface area (Å²) in [6.45, 7) is 2.58. The molecule has 128 valence electrons. The van der Waals surface area contributed by atoms with Gasteiger partial charge in [0.2, 0.25) is 11.6 Å². The molecule has 1 aliphatic rings. The van der Waals surface area contributed by atoms with E-state index in [2.05, 4.69) is 30.7 Å². The molecule has 1 aliphatic heterocycles. The van der Waals surface area contributed by atoms with Gasteiger partial charge < -0.3 is 14.8 Å². The molecule has 11 heteroatoms. The Morgan fingerprint density at radius 1 is 1.20 bits per heavy atom. The molecule has 0 aliphatic carbocycles. The first-order chi connectivity index (χ1) is 12.1. The van der Waals surface area contributed by atoms with Crippen LogP contribution in [0.3, 0.4) is 0 Å². The number of ether oxygens (including phenoxy) is 2. The lowest BCUT2D eigenvalue weighted by Gasteiger charge is -2.18. The van der Waals surface area contributed by atoms with Crippen LogP contribution in [0.1, 0.15) is 5.69 Å². The molecule has 0 unspecified atom stereocenters. The Labute approximate surface area is 140 Å².